The zero-order chi connectivity index (χ0) is 16.9. The second kappa shape index (κ2) is 7.63. The molecule has 23 heavy (non-hydrogen) atoms. The number of hydrogen-bond acceptors (Lipinski definition) is 4. The van der Waals surface area contributed by atoms with Gasteiger partial charge in [-0.05, 0) is 55.0 Å². The van der Waals surface area contributed by atoms with Gasteiger partial charge in [0, 0.05) is 10.2 Å². The van der Waals surface area contributed by atoms with Crippen LogP contribution in [-0.4, -0.2) is 15.5 Å². The van der Waals surface area contributed by atoms with Gasteiger partial charge in [0.15, 0.2) is 0 Å². The molecule has 0 radical (unpaired) electrons. The van der Waals surface area contributed by atoms with Crippen LogP contribution < -0.4 is 15.0 Å². The fourth-order valence-electron chi connectivity index (χ4n) is 1.81. The SMILES string of the molecule is COc1ccc(C=C(C)NNS(=O)(=O)c2ccc(Br)cc2)cc1. The highest BCUT2D eigenvalue weighted by Crippen LogP contribution is 2.15. The quantitative estimate of drug-likeness (QED) is 0.735. The second-order valence-electron chi connectivity index (χ2n) is 4.78. The maximum Gasteiger partial charge on any atom is 0.257 e. The fraction of sp³-hybridized carbons (Fsp3) is 0.125. The Balaban J connectivity index is 2.03. The molecule has 5 nitrogen and oxygen atoms in total. The van der Waals surface area contributed by atoms with Crippen LogP contribution in [0.15, 0.2) is 63.6 Å². The average molecular weight is 397 g/mol. The summed E-state index contributed by atoms with van der Waals surface area (Å²) in [6.45, 7) is 1.77. The van der Waals surface area contributed by atoms with Crippen LogP contribution in [0, 0.1) is 0 Å². The topological polar surface area (TPSA) is 67.4 Å². The minimum absolute atomic E-state index is 0.186. The molecule has 2 N–H and O–H groups in total. The van der Waals surface area contributed by atoms with Gasteiger partial charge < -0.3 is 10.2 Å². The van der Waals surface area contributed by atoms with Crippen LogP contribution in [0.4, 0.5) is 0 Å². The summed E-state index contributed by atoms with van der Waals surface area (Å²) in [7, 11) is -2.01. The molecule has 0 saturated heterocycles. The second-order valence-corrected chi connectivity index (χ2v) is 7.38. The largest absolute Gasteiger partial charge is 0.497 e. The Kier molecular flexibility index (Phi) is 5.81. The van der Waals surface area contributed by atoms with Gasteiger partial charge in [0.2, 0.25) is 0 Å². The first-order chi connectivity index (χ1) is 10.9. The van der Waals surface area contributed by atoms with Crippen LogP contribution in [0.25, 0.3) is 6.08 Å². The van der Waals surface area contributed by atoms with Gasteiger partial charge in [-0.15, -0.1) is 4.83 Å². The van der Waals surface area contributed by atoms with E-state index in [0.717, 1.165) is 15.8 Å². The number of hydrogen-bond donors (Lipinski definition) is 2. The van der Waals surface area contributed by atoms with E-state index in [1.807, 2.05) is 30.3 Å². The lowest BCUT2D eigenvalue weighted by atomic mass is 10.2. The molecule has 0 unspecified atom stereocenters. The number of hydrazine groups is 1. The fourth-order valence-corrected chi connectivity index (χ4v) is 2.98. The Hall–Kier alpha value is -1.83. The highest BCUT2D eigenvalue weighted by molar-refractivity contribution is 9.10. The molecule has 0 amide bonds. The number of benzene rings is 2. The molecule has 0 saturated carbocycles. The van der Waals surface area contributed by atoms with Crippen molar-refractivity contribution in [3.63, 3.8) is 0 Å². The minimum Gasteiger partial charge on any atom is -0.497 e. The van der Waals surface area contributed by atoms with Crippen LogP contribution in [0.2, 0.25) is 0 Å². The molecular weight excluding hydrogens is 380 g/mol. The predicted molar refractivity (Wildman–Crippen MR) is 94.2 cm³/mol. The van der Waals surface area contributed by atoms with E-state index in [2.05, 4.69) is 26.2 Å². The highest BCUT2D eigenvalue weighted by Gasteiger charge is 2.12. The molecule has 122 valence electrons. The number of ether oxygens (including phenoxy) is 1. The molecule has 0 aliphatic heterocycles. The molecule has 0 atom stereocenters. The van der Waals surface area contributed by atoms with E-state index in [0.29, 0.717) is 5.70 Å². The zero-order valence-electron chi connectivity index (χ0n) is 12.7. The molecule has 0 fully saturated rings. The summed E-state index contributed by atoms with van der Waals surface area (Å²) >= 11 is 3.27. The number of sulfonamides is 1. The first-order valence-electron chi connectivity index (χ1n) is 6.76. The normalized spacial score (nSPS) is 12.0. The Bertz CT molecular complexity index is 785. The van der Waals surface area contributed by atoms with Crippen LogP contribution >= 0.6 is 15.9 Å². The van der Waals surface area contributed by atoms with Crippen molar-refractivity contribution < 1.29 is 13.2 Å². The molecule has 2 rings (SSSR count). The lowest BCUT2D eigenvalue weighted by Crippen LogP contribution is -2.35. The van der Waals surface area contributed by atoms with E-state index in [1.54, 1.807) is 26.2 Å². The summed E-state index contributed by atoms with van der Waals surface area (Å²) in [6, 6.07) is 13.8. The Labute approximate surface area is 144 Å². The van der Waals surface area contributed by atoms with Crippen molar-refractivity contribution >= 4 is 32.0 Å². The third-order valence-corrected chi connectivity index (χ3v) is 4.80. The summed E-state index contributed by atoms with van der Waals surface area (Å²) in [5, 5.41) is 0. The van der Waals surface area contributed by atoms with Gasteiger partial charge in [0.1, 0.15) is 5.75 Å². The van der Waals surface area contributed by atoms with Gasteiger partial charge in [0.25, 0.3) is 10.0 Å². The maximum absolute atomic E-state index is 12.2. The van der Waals surface area contributed by atoms with Gasteiger partial charge >= 0.3 is 0 Å². The molecule has 0 spiro atoms. The first-order valence-corrected chi connectivity index (χ1v) is 9.04. The average Bonchev–Trinajstić information content (AvgIpc) is 2.54. The Morgan fingerprint density at radius 2 is 1.70 bits per heavy atom. The van der Waals surface area contributed by atoms with Crippen molar-refractivity contribution in [2.75, 3.05) is 7.11 Å². The lowest BCUT2D eigenvalue weighted by Gasteiger charge is -2.10. The molecule has 0 aliphatic carbocycles. The van der Waals surface area contributed by atoms with Gasteiger partial charge in [0.05, 0.1) is 12.0 Å². The third-order valence-electron chi connectivity index (χ3n) is 3.01. The third kappa shape index (κ3) is 5.09. The molecular formula is C16H17BrN2O3S. The van der Waals surface area contributed by atoms with Crippen LogP contribution in [-0.2, 0) is 10.0 Å². The van der Waals surface area contributed by atoms with Gasteiger partial charge in [-0.1, -0.05) is 28.1 Å². The summed E-state index contributed by atoms with van der Waals surface area (Å²) in [4.78, 5) is 2.54. The van der Waals surface area contributed by atoms with E-state index in [4.69, 9.17) is 4.74 Å². The standard InChI is InChI=1S/C16H17BrN2O3S/c1-12(11-13-3-7-15(22-2)8-4-13)18-19-23(20,21)16-9-5-14(17)6-10-16/h3-11,18-19H,1-2H3. The van der Waals surface area contributed by atoms with Crippen molar-refractivity contribution in [1.82, 2.24) is 10.3 Å². The van der Waals surface area contributed by atoms with E-state index in [9.17, 15) is 8.42 Å². The van der Waals surface area contributed by atoms with E-state index in [1.165, 1.54) is 12.1 Å². The van der Waals surface area contributed by atoms with Gasteiger partial charge in [-0.3, -0.25) is 0 Å². The van der Waals surface area contributed by atoms with Crippen molar-refractivity contribution in [3.05, 3.63) is 64.3 Å². The van der Waals surface area contributed by atoms with Crippen molar-refractivity contribution in [2.24, 2.45) is 0 Å². The number of allylic oxidation sites excluding steroid dienone is 1. The molecule has 0 aromatic heterocycles. The smallest absolute Gasteiger partial charge is 0.257 e. The van der Waals surface area contributed by atoms with Crippen molar-refractivity contribution in [2.45, 2.75) is 11.8 Å². The number of nitrogens with one attached hydrogen (secondary N) is 2. The predicted octanol–water partition coefficient (Wildman–Crippen LogP) is 3.30. The number of methoxy groups -OCH3 is 1. The molecule has 7 heteroatoms. The van der Waals surface area contributed by atoms with Crippen LogP contribution in [0.3, 0.4) is 0 Å². The molecule has 0 heterocycles. The molecule has 0 bridgehead atoms. The van der Waals surface area contributed by atoms with Crippen molar-refractivity contribution in [3.8, 4) is 5.75 Å². The summed E-state index contributed by atoms with van der Waals surface area (Å²) < 4.78 is 30.2. The highest BCUT2D eigenvalue weighted by atomic mass is 79.9. The Morgan fingerprint density at radius 1 is 1.09 bits per heavy atom. The van der Waals surface area contributed by atoms with E-state index >= 15 is 0 Å². The van der Waals surface area contributed by atoms with Crippen LogP contribution in [0.1, 0.15) is 12.5 Å². The lowest BCUT2D eigenvalue weighted by molar-refractivity contribution is 0.415. The maximum atomic E-state index is 12.2. The van der Waals surface area contributed by atoms with E-state index < -0.39 is 10.0 Å². The summed E-state index contributed by atoms with van der Waals surface area (Å²) in [5.41, 5.74) is 4.29. The molecule has 2 aromatic rings. The minimum atomic E-state index is -3.62. The van der Waals surface area contributed by atoms with Crippen LogP contribution in [0.5, 0.6) is 5.75 Å². The summed E-state index contributed by atoms with van der Waals surface area (Å²) in [6.07, 6.45) is 1.82. The number of rotatable bonds is 6. The zero-order valence-corrected chi connectivity index (χ0v) is 15.1. The van der Waals surface area contributed by atoms with E-state index in [-0.39, 0.29) is 4.90 Å². The monoisotopic (exact) mass is 396 g/mol. The van der Waals surface area contributed by atoms with Crippen molar-refractivity contribution in [1.29, 1.82) is 0 Å². The first kappa shape index (κ1) is 17.5. The molecule has 0 aliphatic rings. The van der Waals surface area contributed by atoms with Gasteiger partial charge in [-0.25, -0.2) is 8.42 Å². The van der Waals surface area contributed by atoms with Gasteiger partial charge in [-0.2, -0.15) is 0 Å². The molecule has 2 aromatic carbocycles. The summed E-state index contributed by atoms with van der Waals surface area (Å²) in [5.74, 6) is 0.767. The number of halogens is 1. The Morgan fingerprint density at radius 3 is 2.26 bits per heavy atom.